The third-order valence-corrected chi connectivity index (χ3v) is 8.80. The number of hydrogen-bond donors (Lipinski definition) is 3. The van der Waals surface area contributed by atoms with Crippen LogP contribution in [0.2, 0.25) is 0 Å². The largest absolute Gasteiger partial charge is 0.551 e. The Balaban J connectivity index is 1.26. The van der Waals surface area contributed by atoms with E-state index in [2.05, 4.69) is 15.6 Å². The van der Waals surface area contributed by atoms with Crippen LogP contribution in [0, 0.1) is 5.41 Å². The van der Waals surface area contributed by atoms with E-state index in [4.69, 9.17) is 14.1 Å². The summed E-state index contributed by atoms with van der Waals surface area (Å²) in [6, 6.07) is 14.8. The van der Waals surface area contributed by atoms with E-state index in [1.54, 1.807) is 30.5 Å². The normalized spacial score (nSPS) is 22.1. The highest BCUT2D eigenvalue weighted by atomic mass is 16.6. The lowest BCUT2D eigenvalue weighted by atomic mass is 9.77. The molecule has 12 heteroatoms. The Morgan fingerprint density at radius 2 is 1.78 bits per heavy atom. The van der Waals surface area contributed by atoms with Crippen LogP contribution in [0.15, 0.2) is 60.8 Å². The quantitative estimate of drug-likeness (QED) is 0.341. The van der Waals surface area contributed by atoms with Gasteiger partial charge in [-0.25, -0.2) is 9.78 Å². The number of amides is 3. The van der Waals surface area contributed by atoms with E-state index in [0.717, 1.165) is 36.5 Å². The molecular weight excluding hydrogens is 575 g/mol. The van der Waals surface area contributed by atoms with E-state index in [1.165, 1.54) is 4.90 Å². The lowest BCUT2D eigenvalue weighted by Gasteiger charge is -2.35. The number of nitrogens with one attached hydrogen (secondary N) is 2. The van der Waals surface area contributed by atoms with Gasteiger partial charge in [-0.3, -0.25) is 9.59 Å². The standard InChI is InChI=1S/C33H39BN4O7/c1-33(2,3)27(36-32(41)44-21-11-5-6-12-21)31(40)38-19-22(43-30-23-13-7-4-10-20(23)16-17-35-30)18-25(38)29(39)37-28-24-14-8-9-15-26(24)45-34(28)42/h4,7-10,13-17,21-22,25,27-28,42H,5-6,11-12,18-19H2,1-3H3,(H,36,41)(H,37,39)/t22?,25-,27+,28?/m0/s1. The number of benzene rings is 2. The van der Waals surface area contributed by atoms with Crippen molar-refractivity contribution in [3.8, 4) is 11.6 Å². The molecule has 1 aromatic heterocycles. The number of hydrogen-bond acceptors (Lipinski definition) is 8. The van der Waals surface area contributed by atoms with Crippen molar-refractivity contribution in [3.05, 3.63) is 66.4 Å². The van der Waals surface area contributed by atoms with Crippen LogP contribution in [0.3, 0.4) is 0 Å². The van der Waals surface area contributed by atoms with Gasteiger partial charge in [0.1, 0.15) is 36.0 Å². The Kier molecular flexibility index (Phi) is 8.59. The van der Waals surface area contributed by atoms with Gasteiger partial charge in [-0.15, -0.1) is 0 Å². The van der Waals surface area contributed by atoms with Gasteiger partial charge in [-0.2, -0.15) is 0 Å². The molecule has 236 valence electrons. The molecule has 0 spiro atoms. The Hall–Kier alpha value is -4.32. The van der Waals surface area contributed by atoms with Gasteiger partial charge in [0.2, 0.25) is 17.7 Å². The molecule has 45 heavy (non-hydrogen) atoms. The van der Waals surface area contributed by atoms with Crippen LogP contribution < -0.4 is 20.0 Å². The Morgan fingerprint density at radius 3 is 2.56 bits per heavy atom. The second-order valence-electron chi connectivity index (χ2n) is 13.1. The van der Waals surface area contributed by atoms with Crippen LogP contribution in [-0.2, 0) is 14.3 Å². The third-order valence-electron chi connectivity index (χ3n) is 8.80. The molecule has 3 heterocycles. The van der Waals surface area contributed by atoms with Crippen molar-refractivity contribution in [2.75, 3.05) is 6.54 Å². The summed E-state index contributed by atoms with van der Waals surface area (Å²) in [6.45, 7) is 5.66. The predicted molar refractivity (Wildman–Crippen MR) is 167 cm³/mol. The highest BCUT2D eigenvalue weighted by molar-refractivity contribution is 6.47. The molecule has 3 aromatic rings. The number of fused-ring (bicyclic) bond motifs is 2. The maximum absolute atomic E-state index is 14.3. The molecular formula is C33H39BN4O7. The molecule has 3 N–H and O–H groups in total. The Bertz CT molecular complexity index is 1570. The van der Waals surface area contributed by atoms with Crippen molar-refractivity contribution in [3.63, 3.8) is 0 Å². The molecule has 2 aliphatic heterocycles. The van der Waals surface area contributed by atoms with E-state index < -0.39 is 54.6 Å². The topological polar surface area (TPSA) is 139 Å². The fourth-order valence-electron chi connectivity index (χ4n) is 6.44. The zero-order valence-corrected chi connectivity index (χ0v) is 25.8. The van der Waals surface area contributed by atoms with Crippen molar-refractivity contribution < 1.29 is 33.5 Å². The average molecular weight is 615 g/mol. The van der Waals surface area contributed by atoms with Gasteiger partial charge in [0.25, 0.3) is 0 Å². The summed E-state index contributed by atoms with van der Waals surface area (Å²) in [7, 11) is -1.28. The minimum atomic E-state index is -1.28. The second-order valence-corrected chi connectivity index (χ2v) is 13.1. The number of alkyl carbamates (subject to hydrolysis) is 1. The molecule has 6 rings (SSSR count). The first-order valence-corrected chi connectivity index (χ1v) is 15.6. The van der Waals surface area contributed by atoms with E-state index in [1.807, 2.05) is 51.1 Å². The Morgan fingerprint density at radius 1 is 1.04 bits per heavy atom. The number of likely N-dealkylation sites (tertiary alicyclic amines) is 1. The highest BCUT2D eigenvalue weighted by Crippen LogP contribution is 2.35. The molecule has 1 saturated carbocycles. The third kappa shape index (κ3) is 6.56. The fourth-order valence-corrected chi connectivity index (χ4v) is 6.44. The summed E-state index contributed by atoms with van der Waals surface area (Å²) in [5.74, 6) is -0.817. The molecule has 0 radical (unpaired) electrons. The van der Waals surface area contributed by atoms with Gasteiger partial charge in [0.05, 0.1) is 6.54 Å². The average Bonchev–Trinajstić information content (AvgIpc) is 3.75. The first-order valence-electron chi connectivity index (χ1n) is 15.6. The van der Waals surface area contributed by atoms with E-state index in [0.29, 0.717) is 17.2 Å². The number of pyridine rings is 1. The maximum atomic E-state index is 14.3. The lowest BCUT2D eigenvalue weighted by molar-refractivity contribution is -0.142. The van der Waals surface area contributed by atoms with Crippen LogP contribution in [0.5, 0.6) is 11.6 Å². The van der Waals surface area contributed by atoms with Crippen molar-refractivity contribution >= 4 is 35.8 Å². The molecule has 4 atom stereocenters. The molecule has 0 bridgehead atoms. The molecule has 1 aliphatic carbocycles. The smallest absolute Gasteiger partial charge is 0.534 e. The van der Waals surface area contributed by atoms with E-state index in [-0.39, 0.29) is 19.1 Å². The molecule has 1 saturated heterocycles. The van der Waals surface area contributed by atoms with Gasteiger partial charge in [0.15, 0.2) is 0 Å². The maximum Gasteiger partial charge on any atom is 0.551 e. The SMILES string of the molecule is CC(C)(C)[C@H](NC(=O)OC1CCCC1)C(=O)N1CC(Oc2nccc3ccccc23)C[C@H]1C(=O)NC1B(O)Oc2ccccc21. The number of ether oxygens (including phenoxy) is 2. The zero-order valence-electron chi connectivity index (χ0n) is 25.8. The van der Waals surface area contributed by atoms with Crippen LogP contribution in [0.4, 0.5) is 4.79 Å². The molecule has 2 fully saturated rings. The first kappa shape index (κ1) is 30.7. The van der Waals surface area contributed by atoms with E-state index >= 15 is 0 Å². The van der Waals surface area contributed by atoms with Crippen LogP contribution in [-0.4, -0.2) is 70.8 Å². The van der Waals surface area contributed by atoms with Gasteiger partial charge in [-0.05, 0) is 54.7 Å². The van der Waals surface area contributed by atoms with E-state index in [9.17, 15) is 19.4 Å². The van der Waals surface area contributed by atoms with Gasteiger partial charge < -0.3 is 34.7 Å². The molecule has 3 aliphatic rings. The van der Waals surface area contributed by atoms with Crippen molar-refractivity contribution in [1.82, 2.24) is 20.5 Å². The second kappa shape index (κ2) is 12.6. The van der Waals surface area contributed by atoms with Gasteiger partial charge in [-0.1, -0.05) is 57.2 Å². The fraction of sp³-hybridized carbons (Fsp3) is 0.455. The zero-order chi connectivity index (χ0) is 31.7. The minimum absolute atomic E-state index is 0.0913. The summed E-state index contributed by atoms with van der Waals surface area (Å²) in [4.78, 5) is 47.1. The number of rotatable bonds is 7. The number of nitrogens with zero attached hydrogens (tertiary/aromatic N) is 2. The number of carbonyl (C=O) groups is 3. The molecule has 2 aromatic carbocycles. The van der Waals surface area contributed by atoms with Crippen molar-refractivity contribution in [1.29, 1.82) is 0 Å². The summed E-state index contributed by atoms with van der Waals surface area (Å²) < 4.78 is 17.5. The van der Waals surface area contributed by atoms with Crippen molar-refractivity contribution in [2.24, 2.45) is 5.41 Å². The monoisotopic (exact) mass is 614 g/mol. The van der Waals surface area contributed by atoms with Gasteiger partial charge >= 0.3 is 13.2 Å². The summed E-state index contributed by atoms with van der Waals surface area (Å²) in [5, 5.41) is 18.1. The summed E-state index contributed by atoms with van der Waals surface area (Å²) in [6.07, 6.45) is 4.07. The number of carbonyl (C=O) groups excluding carboxylic acids is 3. The molecule has 11 nitrogen and oxygen atoms in total. The van der Waals surface area contributed by atoms with Crippen LogP contribution >= 0.6 is 0 Å². The van der Waals surface area contributed by atoms with Gasteiger partial charge in [0, 0.05) is 23.6 Å². The van der Waals surface area contributed by atoms with Crippen molar-refractivity contribution in [2.45, 2.75) is 83.1 Å². The molecule has 3 amide bonds. The first-order chi connectivity index (χ1) is 21.6. The van der Waals surface area contributed by atoms with Crippen LogP contribution in [0.25, 0.3) is 10.8 Å². The lowest BCUT2D eigenvalue weighted by Crippen LogP contribution is -2.58. The molecule has 2 unspecified atom stereocenters. The predicted octanol–water partition coefficient (Wildman–Crippen LogP) is 3.94. The summed E-state index contributed by atoms with van der Waals surface area (Å²) >= 11 is 0. The highest BCUT2D eigenvalue weighted by Gasteiger charge is 2.48. The number of para-hydroxylation sites is 1. The minimum Gasteiger partial charge on any atom is -0.534 e. The summed E-state index contributed by atoms with van der Waals surface area (Å²) in [5.41, 5.74) is -0.0527. The van der Waals surface area contributed by atoms with Crippen LogP contribution in [0.1, 0.15) is 64.4 Å². The number of aromatic nitrogens is 1. The Labute approximate surface area is 262 Å².